The average molecular weight is 247 g/mol. The lowest BCUT2D eigenvalue weighted by atomic mass is 10.3. The zero-order valence-electron chi connectivity index (χ0n) is 9.55. The molecule has 2 aromatic rings. The topological polar surface area (TPSA) is 66.5 Å². The van der Waals surface area contributed by atoms with Gasteiger partial charge in [0.15, 0.2) is 0 Å². The fraction of sp³-hybridized carbons (Fsp3) is 0.364. The monoisotopic (exact) mass is 247 g/mol. The van der Waals surface area contributed by atoms with Crippen LogP contribution in [0.4, 0.5) is 0 Å². The lowest BCUT2D eigenvalue weighted by molar-refractivity contribution is 0.615. The van der Waals surface area contributed by atoms with Crippen LogP contribution in [-0.2, 0) is 19.6 Å². The Kier molecular flexibility index (Phi) is 3.85. The highest BCUT2D eigenvalue weighted by molar-refractivity contribution is 7.10. The molecule has 88 valence electrons. The predicted molar refractivity (Wildman–Crippen MR) is 65.3 cm³/mol. The van der Waals surface area contributed by atoms with Crippen LogP contribution >= 0.6 is 11.3 Å². The average Bonchev–Trinajstić information content (AvgIpc) is 2.97. The molecule has 2 rings (SSSR count). The Bertz CT molecular complexity index is 522. The fourth-order valence-electron chi connectivity index (χ4n) is 1.51. The quantitative estimate of drug-likeness (QED) is 0.870. The zero-order valence-corrected chi connectivity index (χ0v) is 10.4. The molecular weight excluding hydrogens is 234 g/mol. The van der Waals surface area contributed by atoms with Gasteiger partial charge in [-0.2, -0.15) is 5.26 Å². The first kappa shape index (κ1) is 11.8. The molecule has 0 bridgehead atoms. The van der Waals surface area contributed by atoms with E-state index in [1.54, 1.807) is 17.7 Å². The van der Waals surface area contributed by atoms with Crippen molar-refractivity contribution in [2.75, 3.05) is 0 Å². The number of aryl methyl sites for hydroxylation is 1. The van der Waals surface area contributed by atoms with E-state index in [2.05, 4.69) is 28.5 Å². The Morgan fingerprint density at radius 1 is 1.53 bits per heavy atom. The van der Waals surface area contributed by atoms with E-state index in [1.807, 2.05) is 16.0 Å². The molecule has 17 heavy (non-hydrogen) atoms. The first-order valence-corrected chi connectivity index (χ1v) is 6.26. The minimum Gasteiger partial charge on any atom is -0.317 e. The first-order valence-electron chi connectivity index (χ1n) is 5.38. The molecule has 0 aliphatic carbocycles. The number of hydrogen-bond acceptors (Lipinski definition) is 5. The summed E-state index contributed by atoms with van der Waals surface area (Å²) < 4.78 is 2.00. The third-order valence-electron chi connectivity index (χ3n) is 2.40. The van der Waals surface area contributed by atoms with Crippen molar-refractivity contribution < 1.29 is 0 Å². The number of nitriles is 1. The maximum Gasteiger partial charge on any atom is 0.146 e. The summed E-state index contributed by atoms with van der Waals surface area (Å²) in [5, 5.41) is 21.8. The molecule has 2 heterocycles. The van der Waals surface area contributed by atoms with Gasteiger partial charge in [-0.1, -0.05) is 0 Å². The Balaban J connectivity index is 1.85. The second kappa shape index (κ2) is 5.57. The summed E-state index contributed by atoms with van der Waals surface area (Å²) in [6.07, 6.45) is 1.73. The predicted octanol–water partition coefficient (Wildman–Crippen LogP) is 1.52. The Morgan fingerprint density at radius 3 is 3.12 bits per heavy atom. The van der Waals surface area contributed by atoms with Crippen LogP contribution in [0.25, 0.3) is 0 Å². The Labute approximate surface area is 104 Å². The van der Waals surface area contributed by atoms with E-state index >= 15 is 0 Å². The Hall–Kier alpha value is -1.71. The van der Waals surface area contributed by atoms with Crippen molar-refractivity contribution >= 4 is 11.3 Å². The highest BCUT2D eigenvalue weighted by Crippen LogP contribution is 2.13. The van der Waals surface area contributed by atoms with Crippen molar-refractivity contribution in [3.05, 3.63) is 34.0 Å². The van der Waals surface area contributed by atoms with Crippen LogP contribution in [0.15, 0.2) is 17.8 Å². The van der Waals surface area contributed by atoms with Crippen molar-refractivity contribution in [3.63, 3.8) is 0 Å². The molecule has 0 fully saturated rings. The van der Waals surface area contributed by atoms with Gasteiger partial charge in [-0.3, -0.25) is 0 Å². The van der Waals surface area contributed by atoms with Crippen molar-refractivity contribution in [2.45, 2.75) is 26.6 Å². The second-order valence-electron chi connectivity index (χ2n) is 3.55. The van der Waals surface area contributed by atoms with Gasteiger partial charge in [0, 0.05) is 23.3 Å². The van der Waals surface area contributed by atoms with Gasteiger partial charge in [-0.05, 0) is 13.0 Å². The lowest BCUT2D eigenvalue weighted by Gasteiger charge is -2.04. The van der Waals surface area contributed by atoms with E-state index in [4.69, 9.17) is 5.26 Å². The van der Waals surface area contributed by atoms with Gasteiger partial charge in [0.2, 0.25) is 0 Å². The molecule has 0 amide bonds. The largest absolute Gasteiger partial charge is 0.317 e. The number of thiophene rings is 1. The molecule has 6 heteroatoms. The molecule has 0 atom stereocenters. The fourth-order valence-corrected chi connectivity index (χ4v) is 2.29. The van der Waals surface area contributed by atoms with Crippen LogP contribution in [0, 0.1) is 11.3 Å². The summed E-state index contributed by atoms with van der Waals surface area (Å²) in [6.45, 7) is 4.38. The van der Waals surface area contributed by atoms with Crippen molar-refractivity contribution in [3.8, 4) is 6.07 Å². The minimum atomic E-state index is 0.688. The summed E-state index contributed by atoms with van der Waals surface area (Å²) in [5.74, 6) is 0.935. The third kappa shape index (κ3) is 2.90. The van der Waals surface area contributed by atoms with Crippen LogP contribution < -0.4 is 5.32 Å². The van der Waals surface area contributed by atoms with Crippen molar-refractivity contribution in [1.82, 2.24) is 20.1 Å². The zero-order chi connectivity index (χ0) is 12.1. The molecule has 0 saturated carbocycles. The van der Waals surface area contributed by atoms with E-state index < -0.39 is 0 Å². The molecule has 0 saturated heterocycles. The number of nitrogens with zero attached hydrogens (tertiary/aromatic N) is 4. The Morgan fingerprint density at radius 2 is 2.41 bits per heavy atom. The highest BCUT2D eigenvalue weighted by Gasteiger charge is 2.03. The van der Waals surface area contributed by atoms with Gasteiger partial charge in [-0.15, -0.1) is 21.5 Å². The maximum absolute atomic E-state index is 8.71. The molecule has 0 aliphatic heterocycles. The summed E-state index contributed by atoms with van der Waals surface area (Å²) >= 11 is 1.59. The number of rotatable bonds is 5. The van der Waals surface area contributed by atoms with Crippen LogP contribution in [0.2, 0.25) is 0 Å². The molecule has 0 unspecified atom stereocenters. The normalized spacial score (nSPS) is 10.4. The van der Waals surface area contributed by atoms with Gasteiger partial charge >= 0.3 is 0 Å². The highest BCUT2D eigenvalue weighted by atomic mass is 32.1. The van der Waals surface area contributed by atoms with Gasteiger partial charge in [0.25, 0.3) is 0 Å². The van der Waals surface area contributed by atoms with Gasteiger partial charge in [0.05, 0.1) is 12.1 Å². The standard InChI is InChI=1S/C11H13N5S/c1-2-16-8-14-15-11(16)6-13-5-10-3-9(4-12)7-17-10/h3,7-8,13H,2,5-6H2,1H3. The molecule has 2 aromatic heterocycles. The SMILES string of the molecule is CCn1cnnc1CNCc1cc(C#N)cs1. The number of aromatic nitrogens is 3. The van der Waals surface area contributed by atoms with Crippen molar-refractivity contribution in [2.24, 2.45) is 0 Å². The van der Waals surface area contributed by atoms with Gasteiger partial charge in [0.1, 0.15) is 18.2 Å². The maximum atomic E-state index is 8.71. The van der Waals surface area contributed by atoms with Crippen LogP contribution in [0.3, 0.4) is 0 Å². The molecule has 0 spiro atoms. The van der Waals surface area contributed by atoms with Gasteiger partial charge in [-0.25, -0.2) is 0 Å². The lowest BCUT2D eigenvalue weighted by Crippen LogP contribution is -2.15. The van der Waals surface area contributed by atoms with E-state index in [1.165, 1.54) is 0 Å². The van der Waals surface area contributed by atoms with Crippen LogP contribution in [-0.4, -0.2) is 14.8 Å². The van der Waals surface area contributed by atoms with E-state index in [0.29, 0.717) is 6.54 Å². The minimum absolute atomic E-state index is 0.688. The number of hydrogen-bond donors (Lipinski definition) is 1. The summed E-state index contributed by atoms with van der Waals surface area (Å²) in [4.78, 5) is 1.16. The van der Waals surface area contributed by atoms with E-state index in [0.717, 1.165) is 29.4 Å². The van der Waals surface area contributed by atoms with E-state index in [-0.39, 0.29) is 0 Å². The van der Waals surface area contributed by atoms with Gasteiger partial charge < -0.3 is 9.88 Å². The number of nitrogens with one attached hydrogen (secondary N) is 1. The first-order chi connectivity index (χ1) is 8.33. The molecule has 1 N–H and O–H groups in total. The summed E-state index contributed by atoms with van der Waals surface area (Å²) in [6, 6.07) is 4.03. The van der Waals surface area contributed by atoms with Crippen LogP contribution in [0.5, 0.6) is 0 Å². The molecular formula is C11H13N5S. The van der Waals surface area contributed by atoms with Crippen LogP contribution in [0.1, 0.15) is 23.2 Å². The molecule has 0 aliphatic rings. The van der Waals surface area contributed by atoms with Crippen molar-refractivity contribution in [1.29, 1.82) is 5.26 Å². The summed E-state index contributed by atoms with van der Waals surface area (Å²) in [7, 11) is 0. The molecule has 0 radical (unpaired) electrons. The molecule has 5 nitrogen and oxygen atoms in total. The van der Waals surface area contributed by atoms with E-state index in [9.17, 15) is 0 Å². The molecule has 0 aromatic carbocycles. The summed E-state index contributed by atoms with van der Waals surface area (Å²) in [5.41, 5.74) is 0.725. The second-order valence-corrected chi connectivity index (χ2v) is 4.55. The smallest absolute Gasteiger partial charge is 0.146 e. The third-order valence-corrected chi connectivity index (χ3v) is 3.34.